The molecular weight excluding hydrogens is 118 g/mol. The van der Waals surface area contributed by atoms with Gasteiger partial charge in [-0.3, -0.25) is 0 Å². The molecule has 2 amide bonds. The molecule has 4 N–H and O–H groups in total. The fourth-order valence-corrected chi connectivity index (χ4v) is 0.509. The number of nitrogens with two attached hydrogens (primary N) is 1. The number of amides is 2. The molecule has 9 heavy (non-hydrogen) atoms. The van der Waals surface area contributed by atoms with Crippen LogP contribution in [0.25, 0.3) is 0 Å². The van der Waals surface area contributed by atoms with E-state index in [2.05, 4.69) is 10.6 Å². The third-order valence-electron chi connectivity index (χ3n) is 1.09. The number of hydrogen-bond donors (Lipinski definition) is 3. The summed E-state index contributed by atoms with van der Waals surface area (Å²) >= 11 is 0. The molecular formula is C5H8N3O. The lowest BCUT2D eigenvalue weighted by Crippen LogP contribution is -2.44. The van der Waals surface area contributed by atoms with Crippen LogP contribution in [0.2, 0.25) is 0 Å². The third-order valence-corrected chi connectivity index (χ3v) is 1.09. The largest absolute Gasteiger partial charge is 0.320 e. The second-order valence-electron chi connectivity index (χ2n) is 1.84. The van der Waals surface area contributed by atoms with Gasteiger partial charge in [-0.15, -0.1) is 0 Å². The summed E-state index contributed by atoms with van der Waals surface area (Å²) < 4.78 is 0. The monoisotopic (exact) mass is 126 g/mol. The number of carbonyl (C=O) groups is 1. The molecule has 0 spiro atoms. The van der Waals surface area contributed by atoms with Gasteiger partial charge < -0.3 is 16.4 Å². The van der Waals surface area contributed by atoms with Crippen LogP contribution in [0, 0.1) is 6.17 Å². The molecule has 49 valence electrons. The molecule has 1 aliphatic rings. The second-order valence-corrected chi connectivity index (χ2v) is 1.84. The quantitative estimate of drug-likeness (QED) is 0.415. The molecule has 0 fully saturated rings. The van der Waals surface area contributed by atoms with Crippen LogP contribution < -0.4 is 16.4 Å². The van der Waals surface area contributed by atoms with Gasteiger partial charge in [-0.2, -0.15) is 0 Å². The van der Waals surface area contributed by atoms with E-state index in [1.807, 2.05) is 6.92 Å². The topological polar surface area (TPSA) is 67.2 Å². The van der Waals surface area contributed by atoms with E-state index in [9.17, 15) is 4.79 Å². The number of hydrogen-bond acceptors (Lipinski definition) is 2. The van der Waals surface area contributed by atoms with Crippen LogP contribution in [0.5, 0.6) is 0 Å². The van der Waals surface area contributed by atoms with Crippen molar-refractivity contribution in [2.75, 3.05) is 0 Å². The Balaban J connectivity index is 2.67. The number of urea groups is 1. The van der Waals surface area contributed by atoms with Crippen LogP contribution in [0.4, 0.5) is 4.79 Å². The fraction of sp³-hybridized carbons (Fsp3) is 0.200. The Kier molecular flexibility index (Phi) is 1.40. The zero-order valence-corrected chi connectivity index (χ0v) is 5.06. The van der Waals surface area contributed by atoms with Gasteiger partial charge in [0.25, 0.3) is 0 Å². The van der Waals surface area contributed by atoms with Gasteiger partial charge in [-0.05, 0) is 12.5 Å². The third kappa shape index (κ3) is 1.20. The van der Waals surface area contributed by atoms with Gasteiger partial charge in [-0.1, -0.05) is 0 Å². The number of nitrogens with one attached hydrogen (secondary N) is 2. The molecule has 0 aliphatic carbocycles. The van der Waals surface area contributed by atoms with Gasteiger partial charge >= 0.3 is 6.03 Å². The average Bonchev–Trinajstić information content (AvgIpc) is 1.80. The lowest BCUT2D eigenvalue weighted by Gasteiger charge is -2.17. The molecule has 0 bridgehead atoms. The van der Waals surface area contributed by atoms with E-state index in [4.69, 9.17) is 5.73 Å². The first-order valence-electron chi connectivity index (χ1n) is 2.57. The Hall–Kier alpha value is -1.03. The molecule has 0 aromatic rings. The van der Waals surface area contributed by atoms with Crippen molar-refractivity contribution in [2.24, 2.45) is 5.73 Å². The maximum atomic E-state index is 10.5. The summed E-state index contributed by atoms with van der Waals surface area (Å²) in [6.07, 6.45) is 1.98. The highest BCUT2D eigenvalue weighted by molar-refractivity contribution is 5.78. The highest BCUT2D eigenvalue weighted by Crippen LogP contribution is 2.03. The SMILES string of the molecule is CC1=CNC(=O)N[C]1N. The average molecular weight is 126 g/mol. The summed E-state index contributed by atoms with van der Waals surface area (Å²) in [6.45, 7) is 1.81. The van der Waals surface area contributed by atoms with Crippen molar-refractivity contribution < 1.29 is 4.79 Å². The van der Waals surface area contributed by atoms with E-state index in [1.54, 1.807) is 6.20 Å². The minimum absolute atomic E-state index is 0.280. The Morgan fingerprint density at radius 3 is 2.78 bits per heavy atom. The van der Waals surface area contributed by atoms with Crippen molar-refractivity contribution in [3.8, 4) is 0 Å². The van der Waals surface area contributed by atoms with Gasteiger partial charge in [0, 0.05) is 6.20 Å². The van der Waals surface area contributed by atoms with E-state index in [0.717, 1.165) is 5.57 Å². The Bertz CT molecular complexity index is 164. The predicted octanol–water partition coefficient (Wildman–Crippen LogP) is -0.349. The lowest BCUT2D eigenvalue weighted by molar-refractivity contribution is 0.243. The van der Waals surface area contributed by atoms with Gasteiger partial charge in [0.15, 0.2) is 6.17 Å². The molecule has 1 radical (unpaired) electrons. The Labute approximate surface area is 53.1 Å². The smallest absolute Gasteiger partial charge is 0.315 e. The van der Waals surface area contributed by atoms with E-state index in [1.165, 1.54) is 0 Å². The van der Waals surface area contributed by atoms with Gasteiger partial charge in [0.2, 0.25) is 0 Å². The number of carbonyl (C=O) groups excluding carboxylic acids is 1. The van der Waals surface area contributed by atoms with E-state index >= 15 is 0 Å². The van der Waals surface area contributed by atoms with E-state index in [0.29, 0.717) is 6.17 Å². The zero-order valence-electron chi connectivity index (χ0n) is 5.06. The summed E-state index contributed by atoms with van der Waals surface area (Å²) in [5.74, 6) is 0. The molecule has 1 heterocycles. The van der Waals surface area contributed by atoms with Crippen LogP contribution in [0.3, 0.4) is 0 Å². The maximum absolute atomic E-state index is 10.5. The van der Waals surface area contributed by atoms with Crippen molar-refractivity contribution >= 4 is 6.03 Å². The first-order chi connectivity index (χ1) is 4.20. The van der Waals surface area contributed by atoms with Crippen molar-refractivity contribution in [3.63, 3.8) is 0 Å². The lowest BCUT2D eigenvalue weighted by atomic mass is 10.2. The maximum Gasteiger partial charge on any atom is 0.320 e. The van der Waals surface area contributed by atoms with E-state index in [-0.39, 0.29) is 6.03 Å². The van der Waals surface area contributed by atoms with Crippen molar-refractivity contribution in [1.29, 1.82) is 0 Å². The summed E-state index contributed by atoms with van der Waals surface area (Å²) in [5.41, 5.74) is 6.19. The molecule has 4 nitrogen and oxygen atoms in total. The minimum atomic E-state index is -0.280. The molecule has 0 saturated heterocycles. The normalized spacial score (nSPS) is 20.2. The van der Waals surface area contributed by atoms with Crippen LogP contribution in [0.1, 0.15) is 6.92 Å². The molecule has 1 rings (SSSR count). The highest BCUT2D eigenvalue weighted by Gasteiger charge is 2.13. The summed E-state index contributed by atoms with van der Waals surface area (Å²) in [6, 6.07) is -0.280. The van der Waals surface area contributed by atoms with Crippen molar-refractivity contribution in [3.05, 3.63) is 17.9 Å². The molecule has 0 aromatic heterocycles. The van der Waals surface area contributed by atoms with Gasteiger partial charge in [0.05, 0.1) is 0 Å². The number of rotatable bonds is 0. The summed E-state index contributed by atoms with van der Waals surface area (Å²) in [7, 11) is 0. The fourth-order valence-electron chi connectivity index (χ4n) is 0.509. The van der Waals surface area contributed by atoms with Crippen LogP contribution in [-0.2, 0) is 0 Å². The van der Waals surface area contributed by atoms with Crippen LogP contribution in [-0.4, -0.2) is 6.03 Å². The zero-order chi connectivity index (χ0) is 6.85. The standard InChI is InChI=1S/C5H8N3O/c1-3-2-7-5(9)8-4(3)6/h2H,6H2,1H3,(H2,7,8,9). The van der Waals surface area contributed by atoms with Crippen molar-refractivity contribution in [1.82, 2.24) is 10.6 Å². The first-order valence-corrected chi connectivity index (χ1v) is 2.57. The molecule has 0 atom stereocenters. The van der Waals surface area contributed by atoms with Crippen LogP contribution >= 0.6 is 0 Å². The van der Waals surface area contributed by atoms with Gasteiger partial charge in [-0.25, -0.2) is 4.79 Å². The first kappa shape index (κ1) is 6.10. The summed E-state index contributed by atoms with van der Waals surface area (Å²) in [4.78, 5) is 10.5. The molecule has 0 aromatic carbocycles. The molecule has 0 unspecified atom stereocenters. The molecule has 4 heteroatoms. The second kappa shape index (κ2) is 2.06. The predicted molar refractivity (Wildman–Crippen MR) is 32.9 cm³/mol. The molecule has 1 aliphatic heterocycles. The Morgan fingerprint density at radius 1 is 1.67 bits per heavy atom. The highest BCUT2D eigenvalue weighted by atomic mass is 16.2. The minimum Gasteiger partial charge on any atom is -0.315 e. The molecule has 0 saturated carbocycles. The summed E-state index contributed by atoms with van der Waals surface area (Å²) in [5, 5.41) is 4.85. The van der Waals surface area contributed by atoms with Crippen LogP contribution in [0.15, 0.2) is 11.8 Å². The Morgan fingerprint density at radius 2 is 2.33 bits per heavy atom. The van der Waals surface area contributed by atoms with Crippen molar-refractivity contribution in [2.45, 2.75) is 6.92 Å². The van der Waals surface area contributed by atoms with E-state index < -0.39 is 0 Å². The van der Waals surface area contributed by atoms with Gasteiger partial charge in [0.1, 0.15) is 0 Å².